The van der Waals surface area contributed by atoms with Gasteiger partial charge in [-0.25, -0.2) is 17.5 Å². The lowest BCUT2D eigenvalue weighted by atomic mass is 10.0. The Balaban J connectivity index is 1.91. The zero-order valence-electron chi connectivity index (χ0n) is 14.1. The Morgan fingerprint density at radius 3 is 2.36 bits per heavy atom. The molecule has 25 heavy (non-hydrogen) atoms. The third-order valence-corrected chi connectivity index (χ3v) is 5.10. The van der Waals surface area contributed by atoms with Crippen molar-refractivity contribution in [3.8, 4) is 0 Å². The molecule has 134 valence electrons. The summed E-state index contributed by atoms with van der Waals surface area (Å²) in [5.41, 5.74) is 1.74. The number of carbonyl (C=O) groups is 1. The molecule has 7 heteroatoms. The number of rotatable bonds is 7. The fourth-order valence-electron chi connectivity index (χ4n) is 2.32. The molecule has 0 bridgehead atoms. The van der Waals surface area contributed by atoms with Crippen LogP contribution < -0.4 is 10.0 Å². The molecule has 0 atom stereocenters. The van der Waals surface area contributed by atoms with E-state index in [2.05, 4.69) is 10.0 Å². The lowest BCUT2D eigenvalue weighted by molar-refractivity contribution is -0.116. The van der Waals surface area contributed by atoms with Gasteiger partial charge in [-0.1, -0.05) is 32.0 Å². The highest BCUT2D eigenvalue weighted by Crippen LogP contribution is 2.23. The number of anilines is 1. The third-order valence-electron chi connectivity index (χ3n) is 3.62. The largest absolute Gasteiger partial charge is 0.326 e. The van der Waals surface area contributed by atoms with Crippen molar-refractivity contribution in [3.05, 3.63) is 59.9 Å². The van der Waals surface area contributed by atoms with Crippen molar-refractivity contribution in [2.45, 2.75) is 31.1 Å². The monoisotopic (exact) mass is 364 g/mol. The van der Waals surface area contributed by atoms with Crippen molar-refractivity contribution >= 4 is 21.6 Å². The summed E-state index contributed by atoms with van der Waals surface area (Å²) in [6.45, 7) is 4.01. The van der Waals surface area contributed by atoms with Crippen LogP contribution in [-0.4, -0.2) is 20.9 Å². The highest BCUT2D eigenvalue weighted by atomic mass is 32.2. The van der Waals surface area contributed by atoms with Crippen LogP contribution >= 0.6 is 0 Å². The molecular weight excluding hydrogens is 343 g/mol. The van der Waals surface area contributed by atoms with E-state index in [9.17, 15) is 17.6 Å². The average Bonchev–Trinajstić information content (AvgIpc) is 2.55. The van der Waals surface area contributed by atoms with E-state index >= 15 is 0 Å². The van der Waals surface area contributed by atoms with Crippen LogP contribution in [0.1, 0.15) is 31.7 Å². The molecule has 0 fully saturated rings. The van der Waals surface area contributed by atoms with E-state index in [1.54, 1.807) is 0 Å². The highest BCUT2D eigenvalue weighted by Gasteiger charge is 2.15. The molecule has 2 aromatic carbocycles. The van der Waals surface area contributed by atoms with Gasteiger partial charge >= 0.3 is 0 Å². The summed E-state index contributed by atoms with van der Waals surface area (Å²) in [6, 6.07) is 12.0. The van der Waals surface area contributed by atoms with Gasteiger partial charge < -0.3 is 5.32 Å². The molecule has 0 saturated heterocycles. The van der Waals surface area contributed by atoms with Crippen LogP contribution in [0.25, 0.3) is 0 Å². The summed E-state index contributed by atoms with van der Waals surface area (Å²) in [6.07, 6.45) is -0.00709. The molecule has 0 aromatic heterocycles. The second-order valence-corrected chi connectivity index (χ2v) is 7.66. The van der Waals surface area contributed by atoms with Gasteiger partial charge in [0.25, 0.3) is 0 Å². The third kappa shape index (κ3) is 5.37. The molecule has 5 nitrogen and oxygen atoms in total. The van der Waals surface area contributed by atoms with E-state index in [1.165, 1.54) is 12.1 Å². The minimum atomic E-state index is -3.76. The topological polar surface area (TPSA) is 75.3 Å². The van der Waals surface area contributed by atoms with Crippen LogP contribution in [-0.2, 0) is 14.8 Å². The van der Waals surface area contributed by atoms with Gasteiger partial charge in [0.1, 0.15) is 5.82 Å². The Kier molecular flexibility index (Phi) is 6.27. The maximum atomic E-state index is 12.9. The summed E-state index contributed by atoms with van der Waals surface area (Å²) in [5, 5.41) is 2.80. The van der Waals surface area contributed by atoms with Gasteiger partial charge in [-0.05, 0) is 41.8 Å². The number of carbonyl (C=O) groups excluding carboxylic acids is 1. The quantitative estimate of drug-likeness (QED) is 0.792. The molecule has 0 radical (unpaired) electrons. The summed E-state index contributed by atoms with van der Waals surface area (Å²) in [7, 11) is -3.76. The van der Waals surface area contributed by atoms with E-state index in [0.29, 0.717) is 0 Å². The predicted molar refractivity (Wildman–Crippen MR) is 95.4 cm³/mol. The molecule has 2 aromatic rings. The first-order valence-corrected chi connectivity index (χ1v) is 9.42. The molecular formula is C18H21FN2O3S. The van der Waals surface area contributed by atoms with E-state index in [0.717, 1.165) is 23.4 Å². The Morgan fingerprint density at radius 2 is 1.72 bits per heavy atom. The minimum absolute atomic E-state index is 0.00709. The number of benzene rings is 2. The van der Waals surface area contributed by atoms with Crippen LogP contribution in [0.2, 0.25) is 0 Å². The second kappa shape index (κ2) is 8.22. The van der Waals surface area contributed by atoms with Crippen molar-refractivity contribution in [3.63, 3.8) is 0 Å². The Bertz CT molecular complexity index is 834. The van der Waals surface area contributed by atoms with Crippen LogP contribution in [0.3, 0.4) is 0 Å². The predicted octanol–water partition coefficient (Wildman–Crippen LogP) is 3.26. The lowest BCUT2D eigenvalue weighted by Crippen LogP contribution is -2.28. The van der Waals surface area contributed by atoms with Crippen LogP contribution in [0, 0.1) is 5.82 Å². The van der Waals surface area contributed by atoms with Crippen LogP contribution in [0.15, 0.2) is 53.4 Å². The first-order chi connectivity index (χ1) is 11.8. The van der Waals surface area contributed by atoms with Gasteiger partial charge in [0.2, 0.25) is 15.9 Å². The zero-order valence-corrected chi connectivity index (χ0v) is 14.9. The summed E-state index contributed by atoms with van der Waals surface area (Å²) in [5.74, 6) is -0.537. The number of sulfonamides is 1. The zero-order chi connectivity index (χ0) is 18.4. The van der Waals surface area contributed by atoms with Crippen molar-refractivity contribution in [2.24, 2.45) is 0 Å². The fraction of sp³-hybridized carbons (Fsp3) is 0.278. The number of hydrogen-bond donors (Lipinski definition) is 2. The van der Waals surface area contributed by atoms with Gasteiger partial charge in [-0.3, -0.25) is 4.79 Å². The molecule has 2 rings (SSSR count). The van der Waals surface area contributed by atoms with E-state index < -0.39 is 15.8 Å². The van der Waals surface area contributed by atoms with Crippen LogP contribution in [0.4, 0.5) is 10.1 Å². The number of amides is 1. The van der Waals surface area contributed by atoms with E-state index in [4.69, 9.17) is 0 Å². The van der Waals surface area contributed by atoms with Gasteiger partial charge in [-0.2, -0.15) is 0 Å². The normalized spacial score (nSPS) is 11.5. The minimum Gasteiger partial charge on any atom is -0.326 e. The summed E-state index contributed by atoms with van der Waals surface area (Å²) in [4.78, 5) is 12.0. The van der Waals surface area contributed by atoms with Crippen molar-refractivity contribution in [1.82, 2.24) is 4.72 Å². The molecule has 2 N–H and O–H groups in total. The van der Waals surface area contributed by atoms with Gasteiger partial charge in [0, 0.05) is 18.7 Å². The first kappa shape index (κ1) is 19.1. The fourth-order valence-corrected chi connectivity index (χ4v) is 3.35. The summed E-state index contributed by atoms with van der Waals surface area (Å²) < 4.78 is 39.3. The Morgan fingerprint density at radius 1 is 1.08 bits per heavy atom. The molecule has 0 heterocycles. The average molecular weight is 364 g/mol. The van der Waals surface area contributed by atoms with Crippen LogP contribution in [0.5, 0.6) is 0 Å². The molecule has 0 unspecified atom stereocenters. The highest BCUT2D eigenvalue weighted by molar-refractivity contribution is 7.89. The summed E-state index contributed by atoms with van der Waals surface area (Å²) >= 11 is 0. The number of para-hydroxylation sites is 1. The van der Waals surface area contributed by atoms with E-state index in [-0.39, 0.29) is 29.7 Å². The number of hydrogen-bond acceptors (Lipinski definition) is 3. The Labute approximate surface area is 147 Å². The number of halogens is 1. The Hall–Kier alpha value is -2.25. The molecule has 0 spiro atoms. The standard InChI is InChI=1S/C18H21FN2O3S/c1-13(2)16-5-3-4-6-17(16)21-18(22)11-12-20-25(23,24)15-9-7-14(19)8-10-15/h3-10,13,20H,11-12H2,1-2H3,(H,21,22). The number of nitrogens with one attached hydrogen (secondary N) is 2. The van der Waals surface area contributed by atoms with Gasteiger partial charge in [0.05, 0.1) is 4.90 Å². The van der Waals surface area contributed by atoms with Crippen molar-refractivity contribution < 1.29 is 17.6 Å². The van der Waals surface area contributed by atoms with E-state index in [1.807, 2.05) is 38.1 Å². The molecule has 0 aliphatic rings. The maximum Gasteiger partial charge on any atom is 0.240 e. The smallest absolute Gasteiger partial charge is 0.240 e. The molecule has 0 aliphatic heterocycles. The SMILES string of the molecule is CC(C)c1ccccc1NC(=O)CCNS(=O)(=O)c1ccc(F)cc1. The maximum absolute atomic E-state index is 12.9. The van der Waals surface area contributed by atoms with Crippen molar-refractivity contribution in [2.75, 3.05) is 11.9 Å². The first-order valence-electron chi connectivity index (χ1n) is 7.93. The molecule has 0 aliphatic carbocycles. The van der Waals surface area contributed by atoms with Crippen molar-refractivity contribution in [1.29, 1.82) is 0 Å². The second-order valence-electron chi connectivity index (χ2n) is 5.89. The molecule has 0 saturated carbocycles. The van der Waals surface area contributed by atoms with Gasteiger partial charge in [-0.15, -0.1) is 0 Å². The van der Waals surface area contributed by atoms with Gasteiger partial charge in [0.15, 0.2) is 0 Å². The molecule has 1 amide bonds. The lowest BCUT2D eigenvalue weighted by Gasteiger charge is -2.13.